The topological polar surface area (TPSA) is 92.3 Å². The molecule has 52 heavy (non-hydrogen) atoms. The second-order valence-electron chi connectivity index (χ2n) is 14.1. The zero-order valence-corrected chi connectivity index (χ0v) is 29.0. The molecule has 0 saturated carbocycles. The van der Waals surface area contributed by atoms with Gasteiger partial charge in [-0.25, -0.2) is 0 Å². The Morgan fingerprint density at radius 3 is 1.21 bits per heavy atom. The van der Waals surface area contributed by atoms with Gasteiger partial charge in [0.15, 0.2) is 0 Å². The zero-order chi connectivity index (χ0) is 34.8. The van der Waals surface area contributed by atoms with Crippen molar-refractivity contribution in [1.29, 1.82) is 0 Å². The van der Waals surface area contributed by atoms with Crippen LogP contribution >= 0.6 is 0 Å². The van der Waals surface area contributed by atoms with Crippen molar-refractivity contribution in [2.45, 2.75) is 87.8 Å². The molecule has 10 heteroatoms. The first-order valence-corrected chi connectivity index (χ1v) is 18.1. The van der Waals surface area contributed by atoms with Gasteiger partial charge < -0.3 is 47.4 Å². The summed E-state index contributed by atoms with van der Waals surface area (Å²) in [5.74, 6) is -2.53. The molecule has 0 unspecified atom stereocenters. The van der Waals surface area contributed by atoms with Crippen LogP contribution in [-0.4, -0.2) is 74.6 Å². The van der Waals surface area contributed by atoms with Crippen LogP contribution < -0.4 is 0 Å². The van der Waals surface area contributed by atoms with Crippen molar-refractivity contribution in [2.24, 2.45) is 0 Å². The van der Waals surface area contributed by atoms with Gasteiger partial charge in [0.05, 0.1) is 52.9 Å². The summed E-state index contributed by atoms with van der Waals surface area (Å²) in [5, 5.41) is 0. The van der Waals surface area contributed by atoms with E-state index in [-0.39, 0.29) is 26.4 Å². The molecule has 9 rings (SSSR count). The zero-order valence-electron chi connectivity index (χ0n) is 29.0. The molecule has 0 aromatic heterocycles. The Morgan fingerprint density at radius 2 is 0.827 bits per heavy atom. The van der Waals surface area contributed by atoms with Crippen LogP contribution in [0.3, 0.4) is 0 Å². The molecule has 3 fully saturated rings. The van der Waals surface area contributed by atoms with E-state index in [1.165, 1.54) is 0 Å². The maximum absolute atomic E-state index is 6.82. The molecular formula is C42H44O10. The first kappa shape index (κ1) is 34.3. The summed E-state index contributed by atoms with van der Waals surface area (Å²) in [4.78, 5) is 0. The Kier molecular flexibility index (Phi) is 9.93. The van der Waals surface area contributed by atoms with E-state index in [0.717, 1.165) is 33.4 Å². The second-order valence-corrected chi connectivity index (χ2v) is 14.1. The maximum Gasteiger partial charge on any atom is 0.222 e. The molecule has 5 aliphatic rings. The van der Waals surface area contributed by atoms with Crippen LogP contribution in [0.1, 0.15) is 33.4 Å². The molecule has 10 nitrogen and oxygen atoms in total. The van der Waals surface area contributed by atoms with Crippen LogP contribution in [0.4, 0.5) is 0 Å². The number of hydrogen-bond donors (Lipinski definition) is 0. The summed E-state index contributed by atoms with van der Waals surface area (Å²) in [6.45, 7) is 3.12. The lowest BCUT2D eigenvalue weighted by molar-refractivity contribution is -0.407. The van der Waals surface area contributed by atoms with Crippen molar-refractivity contribution < 1.29 is 47.4 Å². The lowest BCUT2D eigenvalue weighted by Crippen LogP contribution is -2.63. The minimum Gasteiger partial charge on any atom is -0.374 e. The number of hydrogen-bond acceptors (Lipinski definition) is 10. The van der Waals surface area contributed by atoms with Gasteiger partial charge in [0, 0.05) is 0 Å². The molecule has 272 valence electrons. The minimum absolute atomic E-state index is 0.0229. The monoisotopic (exact) mass is 708 g/mol. The molecule has 0 radical (unpaired) electrons. The van der Waals surface area contributed by atoms with Crippen LogP contribution in [0.5, 0.6) is 0 Å². The van der Waals surface area contributed by atoms with Gasteiger partial charge in [-0.2, -0.15) is 0 Å². The molecule has 4 aromatic carbocycles. The van der Waals surface area contributed by atoms with E-state index in [2.05, 4.69) is 24.3 Å². The smallest absolute Gasteiger partial charge is 0.222 e. The van der Waals surface area contributed by atoms with E-state index in [4.69, 9.17) is 47.4 Å². The fourth-order valence-corrected chi connectivity index (χ4v) is 7.90. The van der Waals surface area contributed by atoms with Crippen molar-refractivity contribution in [3.63, 3.8) is 0 Å². The lowest BCUT2D eigenvalue weighted by atomic mass is 9.99. The number of rotatable bonds is 8. The highest BCUT2D eigenvalue weighted by molar-refractivity contribution is 5.28. The van der Waals surface area contributed by atoms with Crippen molar-refractivity contribution in [3.8, 4) is 0 Å². The maximum atomic E-state index is 6.82. The average molecular weight is 709 g/mol. The van der Waals surface area contributed by atoms with E-state index >= 15 is 0 Å². The van der Waals surface area contributed by atoms with Crippen molar-refractivity contribution >= 4 is 0 Å². The van der Waals surface area contributed by atoms with E-state index in [1.54, 1.807) is 0 Å². The third-order valence-electron chi connectivity index (χ3n) is 10.7. The van der Waals surface area contributed by atoms with E-state index < -0.39 is 48.2 Å². The van der Waals surface area contributed by atoms with Crippen LogP contribution in [0.2, 0.25) is 0 Å². The fraction of sp³-hybridized carbons (Fsp3) is 0.429. The van der Waals surface area contributed by atoms with Gasteiger partial charge in [-0.05, 0) is 33.4 Å². The fourth-order valence-electron chi connectivity index (χ4n) is 7.90. The third-order valence-corrected chi connectivity index (χ3v) is 10.7. The van der Waals surface area contributed by atoms with E-state index in [0.29, 0.717) is 39.6 Å². The normalized spacial score (nSPS) is 32.5. The predicted molar refractivity (Wildman–Crippen MR) is 186 cm³/mol. The number of benzene rings is 4. The van der Waals surface area contributed by atoms with Crippen molar-refractivity contribution in [2.75, 3.05) is 26.4 Å². The number of fused-ring (bicyclic) bond motifs is 6. The molecule has 0 aliphatic carbocycles. The summed E-state index contributed by atoms with van der Waals surface area (Å²) < 4.78 is 66.0. The van der Waals surface area contributed by atoms with Gasteiger partial charge in [0.1, 0.15) is 49.8 Å². The van der Waals surface area contributed by atoms with Gasteiger partial charge >= 0.3 is 0 Å². The summed E-state index contributed by atoms with van der Waals surface area (Å²) >= 11 is 0. The second kappa shape index (κ2) is 15.1. The Morgan fingerprint density at radius 1 is 0.462 bits per heavy atom. The van der Waals surface area contributed by atoms with Crippen molar-refractivity contribution in [3.05, 3.63) is 143 Å². The first-order chi connectivity index (χ1) is 25.7. The van der Waals surface area contributed by atoms with E-state index in [1.807, 2.05) is 84.9 Å². The quantitative estimate of drug-likeness (QED) is 0.230. The highest BCUT2D eigenvalue weighted by Gasteiger charge is 2.67. The summed E-state index contributed by atoms with van der Waals surface area (Å²) in [6, 6.07) is 36.5. The van der Waals surface area contributed by atoms with Gasteiger partial charge in [-0.1, -0.05) is 109 Å². The van der Waals surface area contributed by atoms with E-state index in [9.17, 15) is 0 Å². The summed E-state index contributed by atoms with van der Waals surface area (Å²) in [7, 11) is 0. The lowest BCUT2D eigenvalue weighted by Gasteiger charge is -2.46. The first-order valence-electron chi connectivity index (χ1n) is 18.1. The number of ether oxygens (including phenoxy) is 10. The Hall–Kier alpha value is -3.52. The highest BCUT2D eigenvalue weighted by Crippen LogP contribution is 2.47. The molecule has 8 atom stereocenters. The van der Waals surface area contributed by atoms with Gasteiger partial charge in [-0.15, -0.1) is 0 Å². The molecular weight excluding hydrogens is 664 g/mol. The molecule has 0 amide bonds. The van der Waals surface area contributed by atoms with Crippen LogP contribution in [0, 0.1) is 0 Å². The molecule has 0 bridgehead atoms. The molecule has 2 spiro atoms. The summed E-state index contributed by atoms with van der Waals surface area (Å²) in [6.07, 6.45) is -3.04. The third kappa shape index (κ3) is 6.85. The van der Waals surface area contributed by atoms with Crippen LogP contribution in [-0.2, 0) is 87.0 Å². The highest BCUT2D eigenvalue weighted by atomic mass is 16.8. The van der Waals surface area contributed by atoms with Gasteiger partial charge in [0.25, 0.3) is 0 Å². The van der Waals surface area contributed by atoms with Crippen LogP contribution in [0.25, 0.3) is 0 Å². The molecule has 5 aliphatic heterocycles. The van der Waals surface area contributed by atoms with Crippen molar-refractivity contribution in [1.82, 2.24) is 0 Å². The SMILES string of the molecule is c1ccc(COC[C@H]2O[C@@]3(CO[C@]4(CO3)O[C@H](COCc3ccccc3)[C@H]3OCc5ccccc5CO[C@@H]34)[C@H]3OCc4ccccc4CO[C@H]23)cc1. The Balaban J connectivity index is 0.953. The van der Waals surface area contributed by atoms with Gasteiger partial charge in [0.2, 0.25) is 11.6 Å². The largest absolute Gasteiger partial charge is 0.374 e. The molecule has 3 saturated heterocycles. The predicted octanol–water partition coefficient (Wildman–Crippen LogP) is 5.63. The van der Waals surface area contributed by atoms with Crippen LogP contribution in [0.15, 0.2) is 109 Å². The Bertz CT molecular complexity index is 1650. The molecule has 4 aromatic rings. The molecule has 0 N–H and O–H groups in total. The molecule has 5 heterocycles. The standard InChI is InChI=1S/C42H44O10/c1-3-11-29(12-4-1)19-43-25-35-37-39(47-23-33-17-9-7-15-31(33)21-45-37)41(51-35)27-50-42(28-49-41)40-38(46-22-32-16-8-10-18-34(32)24-48-40)36(52-42)26-44-20-30-13-5-2-6-14-30/h1-18,35-40H,19-28H2/t35-,36-,37-,38-,39+,40+,41-,42+/m1/s1. The Labute approximate surface area is 303 Å². The van der Waals surface area contributed by atoms with Gasteiger partial charge in [-0.3, -0.25) is 0 Å². The minimum atomic E-state index is -1.27. The average Bonchev–Trinajstić information content (AvgIpc) is 3.60. The summed E-state index contributed by atoms with van der Waals surface area (Å²) in [5.41, 5.74) is 6.45.